The molecule has 0 radical (unpaired) electrons. The second-order valence-corrected chi connectivity index (χ2v) is 9.28. The molecule has 150 valence electrons. The standard InChI is InChI=1S/C21H17Cl2NO4S/c1-13-8-19(21(25)26)20(12-18(13)14-6-4-3-5-7-14)24(2)29(27,28)17-10-15(22)9-16(23)11-17/h3-12H,1-2H3,(H,25,26). The number of halogens is 2. The van der Waals surface area contributed by atoms with E-state index in [1.165, 1.54) is 31.3 Å². The molecular weight excluding hydrogens is 433 g/mol. The van der Waals surface area contributed by atoms with Crippen molar-refractivity contribution in [3.63, 3.8) is 0 Å². The van der Waals surface area contributed by atoms with Crippen molar-refractivity contribution in [1.82, 2.24) is 0 Å². The number of anilines is 1. The average molecular weight is 450 g/mol. The smallest absolute Gasteiger partial charge is 0.337 e. The van der Waals surface area contributed by atoms with Crippen molar-refractivity contribution in [1.29, 1.82) is 0 Å². The van der Waals surface area contributed by atoms with Crippen LogP contribution >= 0.6 is 23.2 Å². The molecule has 0 saturated carbocycles. The molecule has 1 N–H and O–H groups in total. The van der Waals surface area contributed by atoms with Crippen LogP contribution in [0.2, 0.25) is 10.0 Å². The predicted octanol–water partition coefficient (Wildman–Crippen LogP) is 5.49. The summed E-state index contributed by atoms with van der Waals surface area (Å²) < 4.78 is 27.3. The number of hydrogen-bond acceptors (Lipinski definition) is 3. The minimum atomic E-state index is -4.10. The van der Waals surface area contributed by atoms with Gasteiger partial charge in [-0.1, -0.05) is 53.5 Å². The molecule has 0 aliphatic heterocycles. The number of aromatic carboxylic acids is 1. The van der Waals surface area contributed by atoms with Crippen LogP contribution in [0.25, 0.3) is 11.1 Å². The van der Waals surface area contributed by atoms with Gasteiger partial charge in [0, 0.05) is 17.1 Å². The molecule has 3 rings (SSSR count). The largest absolute Gasteiger partial charge is 0.478 e. The van der Waals surface area contributed by atoms with Crippen molar-refractivity contribution in [2.45, 2.75) is 11.8 Å². The molecule has 0 amide bonds. The highest BCUT2D eigenvalue weighted by Crippen LogP contribution is 2.34. The molecule has 0 aliphatic rings. The average Bonchev–Trinajstić information content (AvgIpc) is 2.67. The van der Waals surface area contributed by atoms with Gasteiger partial charge >= 0.3 is 5.97 Å². The molecule has 5 nitrogen and oxygen atoms in total. The van der Waals surface area contributed by atoms with Gasteiger partial charge in [-0.3, -0.25) is 4.31 Å². The summed E-state index contributed by atoms with van der Waals surface area (Å²) in [6, 6.07) is 16.3. The number of aryl methyl sites for hydroxylation is 1. The van der Waals surface area contributed by atoms with E-state index in [1.54, 1.807) is 13.0 Å². The highest BCUT2D eigenvalue weighted by Gasteiger charge is 2.27. The summed E-state index contributed by atoms with van der Waals surface area (Å²) in [5.41, 5.74) is 2.21. The van der Waals surface area contributed by atoms with Crippen molar-refractivity contribution in [2.24, 2.45) is 0 Å². The Morgan fingerprint density at radius 3 is 2.10 bits per heavy atom. The lowest BCUT2D eigenvalue weighted by Gasteiger charge is -2.23. The van der Waals surface area contributed by atoms with Crippen LogP contribution in [0.15, 0.2) is 65.6 Å². The van der Waals surface area contributed by atoms with Crippen molar-refractivity contribution >= 4 is 44.9 Å². The number of rotatable bonds is 5. The zero-order chi connectivity index (χ0) is 21.3. The Bertz CT molecular complexity index is 1170. The molecule has 3 aromatic rings. The van der Waals surface area contributed by atoms with Gasteiger partial charge in [0.25, 0.3) is 10.0 Å². The van der Waals surface area contributed by atoms with E-state index in [1.807, 2.05) is 30.3 Å². The molecular formula is C21H17Cl2NO4S. The van der Waals surface area contributed by atoms with Gasteiger partial charge < -0.3 is 5.11 Å². The van der Waals surface area contributed by atoms with Gasteiger partial charge in [-0.2, -0.15) is 0 Å². The molecule has 0 bridgehead atoms. The Hall–Kier alpha value is -2.54. The summed E-state index contributed by atoms with van der Waals surface area (Å²) in [7, 11) is -2.80. The Kier molecular flexibility index (Phi) is 5.89. The number of carboxylic acids is 1. The molecule has 0 heterocycles. The minimum absolute atomic E-state index is 0.0399. The third-order valence-corrected chi connectivity index (χ3v) is 6.68. The maximum atomic E-state index is 13.2. The van der Waals surface area contributed by atoms with Gasteiger partial charge in [0.2, 0.25) is 0 Å². The first-order valence-corrected chi connectivity index (χ1v) is 10.7. The normalized spacial score (nSPS) is 11.3. The van der Waals surface area contributed by atoms with E-state index in [0.29, 0.717) is 5.56 Å². The maximum absolute atomic E-state index is 13.2. The molecule has 0 atom stereocenters. The molecule has 0 saturated heterocycles. The summed E-state index contributed by atoms with van der Waals surface area (Å²) >= 11 is 11.9. The van der Waals surface area contributed by atoms with Crippen LogP contribution in [-0.4, -0.2) is 26.5 Å². The lowest BCUT2D eigenvalue weighted by atomic mass is 9.97. The third kappa shape index (κ3) is 4.24. The fourth-order valence-electron chi connectivity index (χ4n) is 3.02. The van der Waals surface area contributed by atoms with Crippen molar-refractivity contribution in [2.75, 3.05) is 11.4 Å². The van der Waals surface area contributed by atoms with Crippen LogP contribution in [0.1, 0.15) is 15.9 Å². The van der Waals surface area contributed by atoms with Crippen LogP contribution in [0.4, 0.5) is 5.69 Å². The predicted molar refractivity (Wildman–Crippen MR) is 116 cm³/mol. The monoisotopic (exact) mass is 449 g/mol. The Morgan fingerprint density at radius 1 is 0.966 bits per heavy atom. The van der Waals surface area contributed by atoms with Crippen LogP contribution < -0.4 is 4.31 Å². The van der Waals surface area contributed by atoms with E-state index >= 15 is 0 Å². The lowest BCUT2D eigenvalue weighted by Crippen LogP contribution is -2.28. The maximum Gasteiger partial charge on any atom is 0.337 e. The molecule has 3 aromatic carbocycles. The first-order valence-electron chi connectivity index (χ1n) is 8.49. The highest BCUT2D eigenvalue weighted by atomic mass is 35.5. The Morgan fingerprint density at radius 2 is 1.55 bits per heavy atom. The third-order valence-electron chi connectivity index (χ3n) is 4.49. The second kappa shape index (κ2) is 8.06. The van der Waals surface area contributed by atoms with E-state index in [2.05, 4.69) is 0 Å². The van der Waals surface area contributed by atoms with Crippen LogP contribution in [0.3, 0.4) is 0 Å². The SMILES string of the molecule is Cc1cc(C(=O)O)c(N(C)S(=O)(=O)c2cc(Cl)cc(Cl)c2)cc1-c1ccccc1. The van der Waals surface area contributed by atoms with Crippen molar-refractivity contribution in [3.05, 3.63) is 81.8 Å². The molecule has 8 heteroatoms. The quantitative estimate of drug-likeness (QED) is 0.558. The summed E-state index contributed by atoms with van der Waals surface area (Å²) in [6.45, 7) is 1.78. The number of carboxylic acid groups (broad SMARTS) is 1. The number of nitrogens with zero attached hydrogens (tertiary/aromatic N) is 1. The molecule has 0 unspecified atom stereocenters. The topological polar surface area (TPSA) is 74.7 Å². The van der Waals surface area contributed by atoms with Gasteiger partial charge in [0.05, 0.1) is 16.1 Å². The zero-order valence-electron chi connectivity index (χ0n) is 15.6. The first kappa shape index (κ1) is 21.2. The molecule has 0 aromatic heterocycles. The molecule has 0 fully saturated rings. The van der Waals surface area contributed by atoms with Gasteiger partial charge in [-0.05, 0) is 53.9 Å². The molecule has 29 heavy (non-hydrogen) atoms. The summed E-state index contributed by atoms with van der Waals surface area (Å²) in [4.78, 5) is 11.7. The lowest BCUT2D eigenvalue weighted by molar-refractivity contribution is 0.0697. The van der Waals surface area contributed by atoms with Crippen LogP contribution in [0.5, 0.6) is 0 Å². The minimum Gasteiger partial charge on any atom is -0.478 e. The number of hydrogen-bond donors (Lipinski definition) is 1. The van der Waals surface area contributed by atoms with Gasteiger partial charge in [-0.25, -0.2) is 13.2 Å². The highest BCUT2D eigenvalue weighted by molar-refractivity contribution is 7.92. The van der Waals surface area contributed by atoms with Crippen LogP contribution in [0, 0.1) is 6.92 Å². The van der Waals surface area contributed by atoms with E-state index in [9.17, 15) is 18.3 Å². The van der Waals surface area contributed by atoms with Crippen LogP contribution in [-0.2, 0) is 10.0 Å². The number of sulfonamides is 1. The summed E-state index contributed by atoms with van der Waals surface area (Å²) in [5, 5.41) is 9.99. The summed E-state index contributed by atoms with van der Waals surface area (Å²) in [6.07, 6.45) is 0. The number of benzene rings is 3. The second-order valence-electron chi connectivity index (χ2n) is 6.43. The Labute approximate surface area is 179 Å². The Balaban J connectivity index is 2.21. The zero-order valence-corrected chi connectivity index (χ0v) is 17.9. The summed E-state index contributed by atoms with van der Waals surface area (Å²) in [5.74, 6) is -1.23. The fraction of sp³-hybridized carbons (Fsp3) is 0.0952. The van der Waals surface area contributed by atoms with E-state index in [-0.39, 0.29) is 26.2 Å². The van der Waals surface area contributed by atoms with Crippen molar-refractivity contribution in [3.8, 4) is 11.1 Å². The van der Waals surface area contributed by atoms with E-state index in [4.69, 9.17) is 23.2 Å². The van der Waals surface area contributed by atoms with Crippen molar-refractivity contribution < 1.29 is 18.3 Å². The van der Waals surface area contributed by atoms with Gasteiger partial charge in [0.1, 0.15) is 0 Å². The van der Waals surface area contributed by atoms with E-state index < -0.39 is 16.0 Å². The van der Waals surface area contributed by atoms with Gasteiger partial charge in [0.15, 0.2) is 0 Å². The molecule has 0 spiro atoms. The van der Waals surface area contributed by atoms with E-state index in [0.717, 1.165) is 15.4 Å². The van der Waals surface area contributed by atoms with Gasteiger partial charge in [-0.15, -0.1) is 0 Å². The number of carbonyl (C=O) groups is 1. The molecule has 0 aliphatic carbocycles. The first-order chi connectivity index (χ1) is 13.6. The fourth-order valence-corrected chi connectivity index (χ4v) is 4.96.